The summed E-state index contributed by atoms with van der Waals surface area (Å²) in [5.74, 6) is 0. The predicted molar refractivity (Wildman–Crippen MR) is 65.3 cm³/mol. The third-order valence-electron chi connectivity index (χ3n) is 3.20. The lowest BCUT2D eigenvalue weighted by molar-refractivity contribution is -0.0910. The lowest BCUT2D eigenvalue weighted by atomic mass is 9.77. The summed E-state index contributed by atoms with van der Waals surface area (Å²) in [6.45, 7) is 0.636. The topological polar surface area (TPSA) is 93.2 Å². The van der Waals surface area contributed by atoms with Gasteiger partial charge in [0, 0.05) is 6.26 Å². The fraction of sp³-hybridized carbons (Fsp3) is 0.417. The Morgan fingerprint density at radius 1 is 1.39 bits per heavy atom. The third kappa shape index (κ3) is 2.12. The van der Waals surface area contributed by atoms with Crippen LogP contribution in [-0.4, -0.2) is 27.9 Å². The highest BCUT2D eigenvalue weighted by Gasteiger charge is 2.45. The molecule has 1 heterocycles. The third-order valence-corrected chi connectivity index (χ3v) is 4.33. The zero-order valence-electron chi connectivity index (χ0n) is 9.96. The molecule has 1 aliphatic heterocycles. The van der Waals surface area contributed by atoms with Crippen LogP contribution in [0.1, 0.15) is 11.6 Å². The van der Waals surface area contributed by atoms with Crippen molar-refractivity contribution in [2.45, 2.75) is 10.9 Å². The van der Waals surface area contributed by atoms with Crippen molar-refractivity contribution in [2.75, 3.05) is 19.5 Å². The van der Waals surface area contributed by atoms with Crippen molar-refractivity contribution in [3.8, 4) is 6.07 Å². The number of rotatable bonds is 3. The minimum absolute atomic E-state index is 0.245. The van der Waals surface area contributed by atoms with Crippen molar-refractivity contribution in [1.82, 2.24) is 0 Å². The Kier molecular flexibility index (Phi) is 3.15. The Hall–Kier alpha value is -1.42. The van der Waals surface area contributed by atoms with Crippen LogP contribution in [0.15, 0.2) is 29.2 Å². The molecule has 2 N–H and O–H groups in total. The number of nitrogens with zero attached hydrogens (tertiary/aromatic N) is 1. The number of benzene rings is 1. The van der Waals surface area contributed by atoms with Crippen molar-refractivity contribution >= 4 is 9.84 Å². The van der Waals surface area contributed by atoms with E-state index in [4.69, 9.17) is 15.7 Å². The quantitative estimate of drug-likeness (QED) is 0.866. The molecule has 0 aliphatic carbocycles. The van der Waals surface area contributed by atoms with E-state index in [1.807, 2.05) is 0 Å². The molecule has 18 heavy (non-hydrogen) atoms. The molecule has 0 saturated carbocycles. The fourth-order valence-electron chi connectivity index (χ4n) is 1.88. The van der Waals surface area contributed by atoms with Crippen molar-refractivity contribution in [2.24, 2.45) is 11.1 Å². The Morgan fingerprint density at radius 2 is 1.94 bits per heavy atom. The number of hydrogen-bond donors (Lipinski definition) is 1. The second kappa shape index (κ2) is 4.35. The van der Waals surface area contributed by atoms with Gasteiger partial charge in [0.15, 0.2) is 9.84 Å². The molecule has 5 nitrogen and oxygen atoms in total. The fourth-order valence-corrected chi connectivity index (χ4v) is 2.51. The molecular weight excluding hydrogens is 252 g/mol. The van der Waals surface area contributed by atoms with E-state index in [-0.39, 0.29) is 4.90 Å². The molecule has 1 saturated heterocycles. The minimum Gasteiger partial charge on any atom is -0.378 e. The zero-order valence-corrected chi connectivity index (χ0v) is 10.8. The van der Waals surface area contributed by atoms with Gasteiger partial charge in [-0.15, -0.1) is 0 Å². The Morgan fingerprint density at radius 3 is 2.28 bits per heavy atom. The number of hydrogen-bond acceptors (Lipinski definition) is 5. The maximum absolute atomic E-state index is 11.3. The Balaban J connectivity index is 2.28. The van der Waals surface area contributed by atoms with Crippen LogP contribution in [0.5, 0.6) is 0 Å². The SMILES string of the molecule is CS(=O)(=O)c1ccc(C(N)C2(C#N)COC2)cc1. The van der Waals surface area contributed by atoms with Crippen molar-refractivity contribution in [3.05, 3.63) is 29.8 Å². The van der Waals surface area contributed by atoms with E-state index >= 15 is 0 Å². The maximum Gasteiger partial charge on any atom is 0.175 e. The lowest BCUT2D eigenvalue weighted by Gasteiger charge is -2.39. The van der Waals surface area contributed by atoms with Crippen LogP contribution < -0.4 is 5.73 Å². The highest BCUT2D eigenvalue weighted by Crippen LogP contribution is 2.38. The zero-order chi connectivity index (χ0) is 13.4. The summed E-state index contributed by atoms with van der Waals surface area (Å²) in [6, 6.07) is 8.04. The lowest BCUT2D eigenvalue weighted by Crippen LogP contribution is -2.49. The van der Waals surface area contributed by atoms with Crippen LogP contribution >= 0.6 is 0 Å². The summed E-state index contributed by atoms with van der Waals surface area (Å²) in [6.07, 6.45) is 1.15. The molecule has 0 spiro atoms. The van der Waals surface area contributed by atoms with Crippen LogP contribution in [0, 0.1) is 16.7 Å². The van der Waals surface area contributed by atoms with Gasteiger partial charge in [0.05, 0.1) is 30.2 Å². The van der Waals surface area contributed by atoms with E-state index in [1.165, 1.54) is 12.1 Å². The molecule has 1 atom stereocenters. The van der Waals surface area contributed by atoms with Crippen molar-refractivity contribution < 1.29 is 13.2 Å². The second-order valence-corrected chi connectivity index (χ2v) is 6.60. The normalized spacial score (nSPS) is 19.6. The van der Waals surface area contributed by atoms with E-state index < -0.39 is 21.3 Å². The van der Waals surface area contributed by atoms with Gasteiger partial charge < -0.3 is 10.5 Å². The summed E-state index contributed by atoms with van der Waals surface area (Å²) in [7, 11) is -3.21. The Labute approximate surface area is 106 Å². The van der Waals surface area contributed by atoms with E-state index in [1.54, 1.807) is 12.1 Å². The highest BCUT2D eigenvalue weighted by molar-refractivity contribution is 7.90. The molecule has 1 unspecified atom stereocenters. The maximum atomic E-state index is 11.3. The summed E-state index contributed by atoms with van der Waals surface area (Å²) in [5, 5.41) is 9.15. The van der Waals surface area contributed by atoms with Gasteiger partial charge >= 0.3 is 0 Å². The molecule has 0 amide bonds. The highest BCUT2D eigenvalue weighted by atomic mass is 32.2. The summed E-state index contributed by atoms with van der Waals surface area (Å²) in [4.78, 5) is 0.245. The first-order valence-corrected chi connectivity index (χ1v) is 7.33. The molecule has 0 aromatic heterocycles. The van der Waals surface area contributed by atoms with Gasteiger partial charge in [-0.1, -0.05) is 12.1 Å². The summed E-state index contributed by atoms with van der Waals surface area (Å²) in [5.41, 5.74) is 6.11. The smallest absolute Gasteiger partial charge is 0.175 e. The van der Waals surface area contributed by atoms with Gasteiger partial charge in [-0.2, -0.15) is 5.26 Å². The summed E-state index contributed by atoms with van der Waals surface area (Å²) < 4.78 is 27.7. The molecule has 1 aromatic carbocycles. The number of ether oxygens (including phenoxy) is 1. The Bertz CT molecular complexity index is 583. The molecule has 0 bridgehead atoms. The first kappa shape index (κ1) is 13.0. The molecule has 1 aliphatic rings. The van der Waals surface area contributed by atoms with Gasteiger partial charge in [-0.3, -0.25) is 0 Å². The van der Waals surface area contributed by atoms with E-state index in [0.29, 0.717) is 13.2 Å². The van der Waals surface area contributed by atoms with Crippen LogP contribution in [0.25, 0.3) is 0 Å². The molecule has 96 valence electrons. The molecular formula is C12H14N2O3S. The van der Waals surface area contributed by atoms with Crippen LogP contribution in [0.3, 0.4) is 0 Å². The van der Waals surface area contributed by atoms with Crippen LogP contribution in [-0.2, 0) is 14.6 Å². The first-order valence-electron chi connectivity index (χ1n) is 5.44. The van der Waals surface area contributed by atoms with Crippen molar-refractivity contribution in [3.63, 3.8) is 0 Å². The van der Waals surface area contributed by atoms with E-state index in [0.717, 1.165) is 11.8 Å². The number of nitrogens with two attached hydrogens (primary N) is 1. The molecule has 2 rings (SSSR count). The minimum atomic E-state index is -3.21. The molecule has 0 radical (unpaired) electrons. The van der Waals surface area contributed by atoms with Gasteiger partial charge in [-0.25, -0.2) is 8.42 Å². The van der Waals surface area contributed by atoms with Crippen molar-refractivity contribution in [1.29, 1.82) is 5.26 Å². The van der Waals surface area contributed by atoms with Gasteiger partial charge in [-0.05, 0) is 17.7 Å². The second-order valence-electron chi connectivity index (χ2n) is 4.58. The first-order chi connectivity index (χ1) is 8.39. The van der Waals surface area contributed by atoms with Gasteiger partial charge in [0.25, 0.3) is 0 Å². The number of sulfone groups is 1. The largest absolute Gasteiger partial charge is 0.378 e. The van der Waals surface area contributed by atoms with E-state index in [2.05, 4.69) is 6.07 Å². The summed E-state index contributed by atoms with van der Waals surface area (Å²) >= 11 is 0. The van der Waals surface area contributed by atoms with Crippen LogP contribution in [0.4, 0.5) is 0 Å². The molecule has 1 aromatic rings. The van der Waals surface area contributed by atoms with Crippen LogP contribution in [0.2, 0.25) is 0 Å². The van der Waals surface area contributed by atoms with Gasteiger partial charge in [0.2, 0.25) is 0 Å². The predicted octanol–water partition coefficient (Wildman–Crippen LogP) is 0.630. The van der Waals surface area contributed by atoms with E-state index in [9.17, 15) is 8.42 Å². The number of nitriles is 1. The molecule has 6 heteroatoms. The average Bonchev–Trinajstić information content (AvgIpc) is 2.27. The molecule has 1 fully saturated rings. The van der Waals surface area contributed by atoms with Gasteiger partial charge in [0.1, 0.15) is 5.41 Å². The average molecular weight is 266 g/mol. The standard InChI is InChI=1S/C12H14N2O3S/c1-18(15,16)10-4-2-9(3-5-10)11(14)12(6-13)7-17-8-12/h2-5,11H,7-8,14H2,1H3. The monoisotopic (exact) mass is 266 g/mol.